The van der Waals surface area contributed by atoms with Crippen molar-refractivity contribution in [3.8, 4) is 0 Å². The topological polar surface area (TPSA) is 59.3 Å². The molecule has 106 valence electrons. The molecule has 0 bridgehead atoms. The molecular weight excluding hydrogens is 274 g/mol. The number of furan rings is 1. The molecule has 5 heteroatoms. The number of hydrogen-bond acceptors (Lipinski definition) is 4. The van der Waals surface area contributed by atoms with E-state index in [-0.39, 0.29) is 11.7 Å². The molecule has 20 heavy (non-hydrogen) atoms. The summed E-state index contributed by atoms with van der Waals surface area (Å²) in [5.74, 6) is 0.587. The van der Waals surface area contributed by atoms with Gasteiger partial charge in [-0.05, 0) is 30.2 Å². The van der Waals surface area contributed by atoms with Crippen molar-refractivity contribution in [1.29, 1.82) is 0 Å². The highest BCUT2D eigenvalue weighted by Gasteiger charge is 2.14. The second-order valence-corrected chi connectivity index (χ2v) is 6.12. The Balaban J connectivity index is 1.93. The second kappa shape index (κ2) is 6.52. The summed E-state index contributed by atoms with van der Waals surface area (Å²) in [5.41, 5.74) is 0. The Morgan fingerprint density at radius 3 is 2.75 bits per heavy atom. The van der Waals surface area contributed by atoms with Crippen molar-refractivity contribution in [2.75, 3.05) is 0 Å². The van der Waals surface area contributed by atoms with E-state index in [0.29, 0.717) is 29.5 Å². The van der Waals surface area contributed by atoms with Crippen LogP contribution in [0.4, 0.5) is 0 Å². The van der Waals surface area contributed by atoms with Crippen LogP contribution in [0.25, 0.3) is 0 Å². The summed E-state index contributed by atoms with van der Waals surface area (Å²) < 4.78 is 5.09. The third-order valence-electron chi connectivity index (χ3n) is 2.68. The van der Waals surface area contributed by atoms with Crippen LogP contribution in [0.5, 0.6) is 0 Å². The highest BCUT2D eigenvalue weighted by atomic mass is 32.1. The molecular formula is C15H17NO3S. The maximum atomic E-state index is 12.0. The van der Waals surface area contributed by atoms with Gasteiger partial charge in [-0.3, -0.25) is 9.59 Å². The molecule has 0 aliphatic carbocycles. The summed E-state index contributed by atoms with van der Waals surface area (Å²) in [6.07, 6.45) is 2.00. The van der Waals surface area contributed by atoms with E-state index in [1.165, 1.54) is 17.6 Å². The summed E-state index contributed by atoms with van der Waals surface area (Å²) in [4.78, 5) is 25.2. The highest BCUT2D eigenvalue weighted by molar-refractivity contribution is 7.14. The van der Waals surface area contributed by atoms with Crippen molar-refractivity contribution in [1.82, 2.24) is 5.32 Å². The van der Waals surface area contributed by atoms with Gasteiger partial charge in [0.1, 0.15) is 0 Å². The number of carbonyl (C=O) groups is 2. The molecule has 2 aromatic rings. The summed E-state index contributed by atoms with van der Waals surface area (Å²) in [6.45, 7) is 4.47. The minimum atomic E-state index is -0.125. The first kappa shape index (κ1) is 14.5. The number of hydrogen-bond donors (Lipinski definition) is 1. The Morgan fingerprint density at radius 2 is 2.10 bits per heavy atom. The third kappa shape index (κ3) is 3.81. The normalized spacial score (nSPS) is 10.8. The van der Waals surface area contributed by atoms with Crippen molar-refractivity contribution in [2.45, 2.75) is 26.8 Å². The summed E-state index contributed by atoms with van der Waals surface area (Å²) in [5, 5.41) is 2.85. The lowest BCUT2D eigenvalue weighted by Gasteiger charge is -2.05. The molecule has 1 amide bonds. The van der Waals surface area contributed by atoms with E-state index in [0.717, 1.165) is 4.88 Å². The van der Waals surface area contributed by atoms with Gasteiger partial charge in [-0.1, -0.05) is 13.8 Å². The molecule has 2 heterocycles. The smallest absolute Gasteiger partial charge is 0.238 e. The summed E-state index contributed by atoms with van der Waals surface area (Å²) >= 11 is 1.38. The van der Waals surface area contributed by atoms with Crippen LogP contribution in [0, 0.1) is 5.92 Å². The predicted octanol–water partition coefficient (Wildman–Crippen LogP) is 3.23. The fraction of sp³-hybridized carbons (Fsp3) is 0.333. The Morgan fingerprint density at radius 1 is 1.30 bits per heavy atom. The lowest BCUT2D eigenvalue weighted by Crippen LogP contribution is -2.23. The Kier molecular flexibility index (Phi) is 4.74. The van der Waals surface area contributed by atoms with Gasteiger partial charge < -0.3 is 9.73 Å². The molecule has 0 saturated carbocycles. The van der Waals surface area contributed by atoms with E-state index in [2.05, 4.69) is 5.32 Å². The van der Waals surface area contributed by atoms with Gasteiger partial charge in [0.2, 0.25) is 11.7 Å². The third-order valence-corrected chi connectivity index (χ3v) is 3.77. The number of carbonyl (C=O) groups excluding carboxylic acids is 2. The van der Waals surface area contributed by atoms with Crippen molar-refractivity contribution < 1.29 is 14.0 Å². The number of nitrogens with one attached hydrogen (secondary N) is 1. The fourth-order valence-electron chi connectivity index (χ4n) is 1.75. The van der Waals surface area contributed by atoms with Crippen molar-refractivity contribution in [3.63, 3.8) is 0 Å². The van der Waals surface area contributed by atoms with Crippen LogP contribution in [0.2, 0.25) is 0 Å². The molecule has 0 saturated heterocycles. The van der Waals surface area contributed by atoms with E-state index >= 15 is 0 Å². The first-order valence-electron chi connectivity index (χ1n) is 6.50. The first-order valence-corrected chi connectivity index (χ1v) is 7.31. The molecule has 0 radical (unpaired) electrons. The average molecular weight is 291 g/mol. The van der Waals surface area contributed by atoms with Crippen LogP contribution < -0.4 is 5.32 Å². The highest BCUT2D eigenvalue weighted by Crippen LogP contribution is 2.20. The summed E-state index contributed by atoms with van der Waals surface area (Å²) in [6, 6.07) is 6.95. The number of ketones is 1. The van der Waals surface area contributed by atoms with Crippen molar-refractivity contribution >= 4 is 23.0 Å². The Bertz CT molecular complexity index is 584. The number of thiophene rings is 1. The van der Waals surface area contributed by atoms with Gasteiger partial charge in [0.05, 0.1) is 17.7 Å². The standard InChI is InChI=1S/C15H17NO3S/c1-10(2)8-14(17)16-9-11-5-6-13(20-11)15(18)12-4-3-7-19-12/h3-7,10H,8-9H2,1-2H3,(H,16,17). The zero-order valence-corrected chi connectivity index (χ0v) is 12.3. The molecule has 1 N–H and O–H groups in total. The molecule has 2 aromatic heterocycles. The van der Waals surface area contributed by atoms with E-state index in [1.807, 2.05) is 19.9 Å². The monoisotopic (exact) mass is 291 g/mol. The summed E-state index contributed by atoms with van der Waals surface area (Å²) in [7, 11) is 0. The number of amides is 1. The van der Waals surface area contributed by atoms with E-state index < -0.39 is 0 Å². The molecule has 0 unspecified atom stereocenters. The molecule has 0 aliphatic rings. The molecule has 0 aliphatic heterocycles. The van der Waals surface area contributed by atoms with Crippen molar-refractivity contribution in [3.05, 3.63) is 46.0 Å². The van der Waals surface area contributed by atoms with E-state index in [9.17, 15) is 9.59 Å². The Hall–Kier alpha value is -1.88. The van der Waals surface area contributed by atoms with Gasteiger partial charge >= 0.3 is 0 Å². The molecule has 0 spiro atoms. The van der Waals surface area contributed by atoms with Gasteiger partial charge in [-0.2, -0.15) is 0 Å². The van der Waals surface area contributed by atoms with Gasteiger partial charge in [0, 0.05) is 11.3 Å². The second-order valence-electron chi connectivity index (χ2n) is 4.95. The maximum absolute atomic E-state index is 12.0. The molecule has 2 rings (SSSR count). The van der Waals surface area contributed by atoms with Crippen LogP contribution in [-0.2, 0) is 11.3 Å². The lowest BCUT2D eigenvalue weighted by molar-refractivity contribution is -0.121. The maximum Gasteiger partial charge on any atom is 0.238 e. The SMILES string of the molecule is CC(C)CC(=O)NCc1ccc(C(=O)c2ccco2)s1. The largest absolute Gasteiger partial charge is 0.461 e. The van der Waals surface area contributed by atoms with Crippen LogP contribution >= 0.6 is 11.3 Å². The van der Waals surface area contributed by atoms with E-state index in [4.69, 9.17) is 4.42 Å². The van der Waals surface area contributed by atoms with Crippen molar-refractivity contribution in [2.24, 2.45) is 5.92 Å². The van der Waals surface area contributed by atoms with Crippen LogP contribution in [0.15, 0.2) is 34.9 Å². The van der Waals surface area contributed by atoms with Gasteiger partial charge in [-0.25, -0.2) is 0 Å². The predicted molar refractivity (Wildman–Crippen MR) is 77.8 cm³/mol. The van der Waals surface area contributed by atoms with Crippen LogP contribution in [0.3, 0.4) is 0 Å². The minimum absolute atomic E-state index is 0.0345. The fourth-order valence-corrected chi connectivity index (χ4v) is 2.65. The molecule has 0 atom stereocenters. The quantitative estimate of drug-likeness (QED) is 0.831. The van der Waals surface area contributed by atoms with Gasteiger partial charge in [0.25, 0.3) is 0 Å². The first-order chi connectivity index (χ1) is 9.56. The van der Waals surface area contributed by atoms with E-state index in [1.54, 1.807) is 18.2 Å². The minimum Gasteiger partial charge on any atom is -0.461 e. The Labute approximate surface area is 121 Å². The van der Waals surface area contributed by atoms with Gasteiger partial charge in [-0.15, -0.1) is 11.3 Å². The number of rotatable bonds is 6. The average Bonchev–Trinajstić information content (AvgIpc) is 3.06. The zero-order chi connectivity index (χ0) is 14.5. The molecule has 0 fully saturated rings. The zero-order valence-electron chi connectivity index (χ0n) is 11.5. The van der Waals surface area contributed by atoms with Gasteiger partial charge in [0.15, 0.2) is 5.76 Å². The lowest BCUT2D eigenvalue weighted by atomic mass is 10.1. The molecule has 0 aromatic carbocycles. The van der Waals surface area contributed by atoms with Crippen LogP contribution in [-0.4, -0.2) is 11.7 Å². The van der Waals surface area contributed by atoms with Crippen LogP contribution in [0.1, 0.15) is 40.6 Å². The molecule has 4 nitrogen and oxygen atoms in total.